The molecule has 0 bridgehead atoms. The summed E-state index contributed by atoms with van der Waals surface area (Å²) in [5.74, 6) is 0.107. The minimum Gasteiger partial charge on any atom is -0.394 e. The number of rotatable bonds is 5. The number of aliphatic hydroxyl groups is 1. The zero-order valence-corrected chi connectivity index (χ0v) is 12.6. The Kier molecular flexibility index (Phi) is 5.88. The normalized spacial score (nSPS) is 16.4. The third-order valence-electron chi connectivity index (χ3n) is 3.51. The van der Waals surface area contributed by atoms with Crippen LogP contribution in [0, 0.1) is 0 Å². The van der Waals surface area contributed by atoms with Crippen molar-refractivity contribution in [1.82, 2.24) is 4.90 Å². The molecule has 0 spiro atoms. The molecule has 1 fully saturated rings. The quantitative estimate of drug-likeness (QED) is 0.844. The van der Waals surface area contributed by atoms with Gasteiger partial charge in [-0.1, -0.05) is 12.1 Å². The molecule has 0 aromatic heterocycles. The van der Waals surface area contributed by atoms with E-state index in [0.29, 0.717) is 6.61 Å². The van der Waals surface area contributed by atoms with E-state index in [1.54, 1.807) is 11.8 Å². The molecule has 1 aromatic rings. The van der Waals surface area contributed by atoms with Crippen LogP contribution in [0.4, 0.5) is 0 Å². The Morgan fingerprint density at radius 2 is 2.10 bits per heavy atom. The first-order chi connectivity index (χ1) is 9.76. The van der Waals surface area contributed by atoms with Crippen molar-refractivity contribution in [3.05, 3.63) is 29.8 Å². The van der Waals surface area contributed by atoms with Gasteiger partial charge in [0.2, 0.25) is 0 Å². The third kappa shape index (κ3) is 3.75. The van der Waals surface area contributed by atoms with Crippen molar-refractivity contribution in [2.24, 2.45) is 0 Å². The summed E-state index contributed by atoms with van der Waals surface area (Å²) in [6.07, 6.45) is 3.84. The van der Waals surface area contributed by atoms with Crippen molar-refractivity contribution in [3.8, 4) is 0 Å². The van der Waals surface area contributed by atoms with E-state index in [-0.39, 0.29) is 18.6 Å². The summed E-state index contributed by atoms with van der Waals surface area (Å²) < 4.78 is 5.52. The lowest BCUT2D eigenvalue weighted by Gasteiger charge is -2.32. The summed E-state index contributed by atoms with van der Waals surface area (Å²) in [5.41, 5.74) is 0.787. The van der Waals surface area contributed by atoms with Gasteiger partial charge in [-0.3, -0.25) is 4.79 Å². The number of carbonyl (C=O) groups is 1. The number of thioether (sulfide) groups is 1. The summed E-state index contributed by atoms with van der Waals surface area (Å²) in [5, 5.41) is 8.75. The Balaban J connectivity index is 1.94. The van der Waals surface area contributed by atoms with Gasteiger partial charge in [0.1, 0.15) is 0 Å². The smallest absolute Gasteiger partial charge is 0.254 e. The van der Waals surface area contributed by atoms with Crippen LogP contribution in [0.25, 0.3) is 0 Å². The zero-order chi connectivity index (χ0) is 14.4. The molecule has 1 N–H and O–H groups in total. The lowest BCUT2D eigenvalue weighted by atomic mass is 10.1. The van der Waals surface area contributed by atoms with Crippen LogP contribution in [0.3, 0.4) is 0 Å². The lowest BCUT2D eigenvalue weighted by Crippen LogP contribution is -2.41. The Bertz CT molecular complexity index is 444. The maximum atomic E-state index is 12.5. The summed E-state index contributed by atoms with van der Waals surface area (Å²) in [7, 11) is 0. The summed E-state index contributed by atoms with van der Waals surface area (Å²) >= 11 is 1.60. The number of carbonyl (C=O) groups excluding carboxylic acids is 1. The van der Waals surface area contributed by atoms with E-state index in [9.17, 15) is 4.79 Å². The molecular weight excluding hydrogens is 274 g/mol. The Morgan fingerprint density at radius 3 is 2.75 bits per heavy atom. The molecule has 20 heavy (non-hydrogen) atoms. The van der Waals surface area contributed by atoms with Crippen LogP contribution in [-0.4, -0.2) is 54.6 Å². The van der Waals surface area contributed by atoms with Crippen molar-refractivity contribution >= 4 is 17.7 Å². The Morgan fingerprint density at radius 1 is 1.40 bits per heavy atom. The van der Waals surface area contributed by atoms with Gasteiger partial charge >= 0.3 is 0 Å². The highest BCUT2D eigenvalue weighted by Crippen LogP contribution is 2.23. The number of aliphatic hydroxyl groups excluding tert-OH is 1. The number of nitrogens with zero attached hydrogens (tertiary/aromatic N) is 1. The van der Waals surface area contributed by atoms with Crippen LogP contribution in [0.1, 0.15) is 23.2 Å². The molecule has 2 rings (SSSR count). The number of likely N-dealkylation sites (tertiary alicyclic amines) is 1. The fourth-order valence-corrected chi connectivity index (χ4v) is 3.03. The molecule has 1 heterocycles. The van der Waals surface area contributed by atoms with Crippen LogP contribution < -0.4 is 0 Å². The number of hydrogen-bond acceptors (Lipinski definition) is 4. The van der Waals surface area contributed by atoms with Crippen LogP contribution >= 0.6 is 11.8 Å². The highest BCUT2D eigenvalue weighted by Gasteiger charge is 2.25. The largest absolute Gasteiger partial charge is 0.394 e. The number of ether oxygens (including phenoxy) is 1. The maximum Gasteiger partial charge on any atom is 0.254 e. The third-order valence-corrected chi connectivity index (χ3v) is 4.31. The van der Waals surface area contributed by atoms with Crippen molar-refractivity contribution in [3.63, 3.8) is 0 Å². The number of benzene rings is 1. The number of piperidine rings is 1. The predicted molar refractivity (Wildman–Crippen MR) is 80.2 cm³/mol. The standard InChI is InChI=1S/C15H21NO3S/c1-20-14-5-3-2-4-13(14)15(18)16-8-6-12(7-9-16)19-11-10-17/h2-5,12,17H,6-11H2,1H3. The second-order valence-electron chi connectivity index (χ2n) is 4.79. The van der Waals surface area contributed by atoms with Gasteiger partial charge in [0.25, 0.3) is 5.91 Å². The van der Waals surface area contributed by atoms with E-state index < -0.39 is 0 Å². The van der Waals surface area contributed by atoms with Crippen LogP contribution in [0.2, 0.25) is 0 Å². The van der Waals surface area contributed by atoms with Crippen molar-refractivity contribution < 1.29 is 14.6 Å². The van der Waals surface area contributed by atoms with E-state index in [1.165, 1.54) is 0 Å². The Hall–Kier alpha value is -1.04. The highest BCUT2D eigenvalue weighted by molar-refractivity contribution is 7.98. The van der Waals surface area contributed by atoms with E-state index in [1.807, 2.05) is 35.4 Å². The summed E-state index contributed by atoms with van der Waals surface area (Å²) in [4.78, 5) is 15.5. The van der Waals surface area contributed by atoms with E-state index in [2.05, 4.69) is 0 Å². The number of amides is 1. The van der Waals surface area contributed by atoms with Gasteiger partial charge < -0.3 is 14.7 Å². The van der Waals surface area contributed by atoms with Gasteiger partial charge in [0, 0.05) is 18.0 Å². The van der Waals surface area contributed by atoms with Crippen molar-refractivity contribution in [1.29, 1.82) is 0 Å². The van der Waals surface area contributed by atoms with Gasteiger partial charge in [-0.25, -0.2) is 0 Å². The molecule has 1 aliphatic rings. The molecule has 1 aliphatic heterocycles. The molecule has 1 saturated heterocycles. The molecule has 5 heteroatoms. The lowest BCUT2D eigenvalue weighted by molar-refractivity contribution is -0.00560. The molecule has 110 valence electrons. The van der Waals surface area contributed by atoms with Gasteiger partial charge in [-0.15, -0.1) is 11.8 Å². The Labute approximate surface area is 124 Å². The van der Waals surface area contributed by atoms with Crippen molar-refractivity contribution in [2.75, 3.05) is 32.6 Å². The second kappa shape index (κ2) is 7.67. The second-order valence-corrected chi connectivity index (χ2v) is 5.63. The fraction of sp³-hybridized carbons (Fsp3) is 0.533. The van der Waals surface area contributed by atoms with E-state index in [0.717, 1.165) is 36.4 Å². The predicted octanol–water partition coefficient (Wildman–Crippen LogP) is 2.02. The SMILES string of the molecule is CSc1ccccc1C(=O)N1CCC(OCCO)CC1. The zero-order valence-electron chi connectivity index (χ0n) is 11.7. The molecule has 0 saturated carbocycles. The van der Waals surface area contributed by atoms with Crippen LogP contribution in [0.15, 0.2) is 29.2 Å². The summed E-state index contributed by atoms with van der Waals surface area (Å²) in [6, 6.07) is 7.74. The average molecular weight is 295 g/mol. The minimum atomic E-state index is 0.0558. The minimum absolute atomic E-state index is 0.0558. The fourth-order valence-electron chi connectivity index (χ4n) is 2.44. The average Bonchev–Trinajstić information content (AvgIpc) is 2.52. The molecule has 0 unspecified atom stereocenters. The molecule has 1 amide bonds. The first-order valence-electron chi connectivity index (χ1n) is 6.91. The summed E-state index contributed by atoms with van der Waals surface area (Å²) in [6.45, 7) is 1.88. The molecular formula is C15H21NO3S. The van der Waals surface area contributed by atoms with Gasteiger partial charge in [0.05, 0.1) is 24.9 Å². The van der Waals surface area contributed by atoms with Gasteiger partial charge in [-0.2, -0.15) is 0 Å². The molecule has 0 radical (unpaired) electrons. The molecule has 1 aromatic carbocycles. The van der Waals surface area contributed by atoms with Crippen LogP contribution in [-0.2, 0) is 4.74 Å². The molecule has 0 aliphatic carbocycles. The van der Waals surface area contributed by atoms with Crippen molar-refractivity contribution in [2.45, 2.75) is 23.8 Å². The maximum absolute atomic E-state index is 12.5. The molecule has 0 atom stereocenters. The first kappa shape index (κ1) is 15.4. The van der Waals surface area contributed by atoms with Gasteiger partial charge in [-0.05, 0) is 31.2 Å². The van der Waals surface area contributed by atoms with E-state index >= 15 is 0 Å². The molecule has 4 nitrogen and oxygen atoms in total. The highest BCUT2D eigenvalue weighted by atomic mass is 32.2. The van der Waals surface area contributed by atoms with Gasteiger partial charge in [0.15, 0.2) is 0 Å². The number of hydrogen-bond donors (Lipinski definition) is 1. The first-order valence-corrected chi connectivity index (χ1v) is 8.13. The monoisotopic (exact) mass is 295 g/mol. The topological polar surface area (TPSA) is 49.8 Å². The van der Waals surface area contributed by atoms with E-state index in [4.69, 9.17) is 9.84 Å². The van der Waals surface area contributed by atoms with Crippen LogP contribution in [0.5, 0.6) is 0 Å².